The Morgan fingerprint density at radius 3 is 3.00 bits per heavy atom. The first-order valence-electron chi connectivity index (χ1n) is 5.78. The standard InChI is InChI=1S/C13H20N2/c1-9(2)8-15-13-6-3-10-7-11(14)4-5-12(10)13/h4-5,7,9,13,15H,3,6,8,14H2,1-2H3. The molecule has 1 aromatic carbocycles. The quantitative estimate of drug-likeness (QED) is 0.742. The van der Waals surface area contributed by atoms with Crippen LogP contribution in [0.4, 0.5) is 5.69 Å². The number of nitrogen functional groups attached to an aromatic ring is 1. The number of fused-ring (bicyclic) bond motifs is 1. The zero-order valence-corrected chi connectivity index (χ0v) is 9.59. The predicted molar refractivity (Wildman–Crippen MR) is 64.8 cm³/mol. The fraction of sp³-hybridized carbons (Fsp3) is 0.538. The number of aryl methyl sites for hydroxylation is 1. The third-order valence-electron chi connectivity index (χ3n) is 3.02. The first kappa shape index (κ1) is 10.5. The average Bonchev–Trinajstić information content (AvgIpc) is 2.57. The molecule has 1 atom stereocenters. The highest BCUT2D eigenvalue weighted by Crippen LogP contribution is 2.32. The minimum Gasteiger partial charge on any atom is -0.399 e. The molecule has 2 rings (SSSR count). The van der Waals surface area contributed by atoms with Crippen molar-refractivity contribution in [3.05, 3.63) is 29.3 Å². The summed E-state index contributed by atoms with van der Waals surface area (Å²) in [7, 11) is 0. The van der Waals surface area contributed by atoms with Crippen LogP contribution in [0, 0.1) is 5.92 Å². The summed E-state index contributed by atoms with van der Waals surface area (Å²) < 4.78 is 0. The molecule has 1 aliphatic rings. The molecule has 0 amide bonds. The molecule has 2 nitrogen and oxygen atoms in total. The molecule has 1 aromatic rings. The van der Waals surface area contributed by atoms with Gasteiger partial charge in [0, 0.05) is 11.7 Å². The Kier molecular flexibility index (Phi) is 2.96. The molecule has 0 saturated carbocycles. The van der Waals surface area contributed by atoms with Gasteiger partial charge in [0.1, 0.15) is 0 Å². The maximum absolute atomic E-state index is 5.78. The Balaban J connectivity index is 2.08. The molecular formula is C13H20N2. The van der Waals surface area contributed by atoms with Gasteiger partial charge in [-0.15, -0.1) is 0 Å². The van der Waals surface area contributed by atoms with Crippen molar-refractivity contribution < 1.29 is 0 Å². The second-order valence-electron chi connectivity index (χ2n) is 4.85. The summed E-state index contributed by atoms with van der Waals surface area (Å²) in [4.78, 5) is 0. The summed E-state index contributed by atoms with van der Waals surface area (Å²) in [5.41, 5.74) is 9.54. The highest BCUT2D eigenvalue weighted by atomic mass is 14.9. The minimum absolute atomic E-state index is 0.544. The summed E-state index contributed by atoms with van der Waals surface area (Å²) in [6, 6.07) is 6.85. The molecule has 0 fully saturated rings. The van der Waals surface area contributed by atoms with E-state index >= 15 is 0 Å². The lowest BCUT2D eigenvalue weighted by Crippen LogP contribution is -2.23. The molecule has 0 radical (unpaired) electrons. The van der Waals surface area contributed by atoms with E-state index < -0.39 is 0 Å². The molecule has 0 aliphatic heterocycles. The number of nitrogens with one attached hydrogen (secondary N) is 1. The average molecular weight is 204 g/mol. The highest BCUT2D eigenvalue weighted by molar-refractivity contribution is 5.47. The summed E-state index contributed by atoms with van der Waals surface area (Å²) in [6.07, 6.45) is 2.38. The molecule has 82 valence electrons. The molecule has 0 heterocycles. The Morgan fingerprint density at radius 2 is 2.27 bits per heavy atom. The number of hydrogen-bond acceptors (Lipinski definition) is 2. The van der Waals surface area contributed by atoms with Crippen molar-refractivity contribution in [2.75, 3.05) is 12.3 Å². The number of nitrogens with two attached hydrogens (primary N) is 1. The van der Waals surface area contributed by atoms with Gasteiger partial charge in [0.2, 0.25) is 0 Å². The second kappa shape index (κ2) is 4.23. The lowest BCUT2D eigenvalue weighted by atomic mass is 10.1. The van der Waals surface area contributed by atoms with E-state index in [1.807, 2.05) is 6.07 Å². The van der Waals surface area contributed by atoms with Gasteiger partial charge in [-0.05, 0) is 48.6 Å². The highest BCUT2D eigenvalue weighted by Gasteiger charge is 2.21. The monoisotopic (exact) mass is 204 g/mol. The lowest BCUT2D eigenvalue weighted by molar-refractivity contribution is 0.472. The minimum atomic E-state index is 0.544. The Labute approximate surface area is 91.9 Å². The van der Waals surface area contributed by atoms with E-state index in [1.165, 1.54) is 17.5 Å². The Morgan fingerprint density at radius 1 is 1.47 bits per heavy atom. The van der Waals surface area contributed by atoms with Crippen molar-refractivity contribution in [2.24, 2.45) is 5.92 Å². The Hall–Kier alpha value is -1.02. The normalized spacial score (nSPS) is 19.5. The Bertz CT molecular complexity index is 344. The smallest absolute Gasteiger partial charge is 0.0326 e. The van der Waals surface area contributed by atoms with Crippen LogP contribution in [0.1, 0.15) is 37.4 Å². The van der Waals surface area contributed by atoms with Gasteiger partial charge in [0.05, 0.1) is 0 Å². The van der Waals surface area contributed by atoms with Crippen molar-refractivity contribution in [1.82, 2.24) is 5.32 Å². The molecule has 2 heteroatoms. The summed E-state index contributed by atoms with van der Waals surface area (Å²) in [5.74, 6) is 0.711. The van der Waals surface area contributed by atoms with Crippen LogP contribution in [0.5, 0.6) is 0 Å². The molecule has 0 spiro atoms. The largest absolute Gasteiger partial charge is 0.399 e. The van der Waals surface area contributed by atoms with Gasteiger partial charge in [0.15, 0.2) is 0 Å². The topological polar surface area (TPSA) is 38.0 Å². The predicted octanol–water partition coefficient (Wildman–Crippen LogP) is 2.50. The van der Waals surface area contributed by atoms with Gasteiger partial charge in [-0.1, -0.05) is 19.9 Å². The van der Waals surface area contributed by atoms with Gasteiger partial charge in [0.25, 0.3) is 0 Å². The van der Waals surface area contributed by atoms with E-state index in [2.05, 4.69) is 31.3 Å². The van der Waals surface area contributed by atoms with Crippen molar-refractivity contribution in [2.45, 2.75) is 32.7 Å². The van der Waals surface area contributed by atoms with Crippen molar-refractivity contribution in [3.8, 4) is 0 Å². The summed E-state index contributed by atoms with van der Waals surface area (Å²) >= 11 is 0. The van der Waals surface area contributed by atoms with Gasteiger partial charge in [-0.2, -0.15) is 0 Å². The van der Waals surface area contributed by atoms with Crippen molar-refractivity contribution in [1.29, 1.82) is 0 Å². The van der Waals surface area contributed by atoms with Crippen molar-refractivity contribution >= 4 is 5.69 Å². The maximum Gasteiger partial charge on any atom is 0.0326 e. The van der Waals surface area contributed by atoms with Gasteiger partial charge < -0.3 is 11.1 Å². The van der Waals surface area contributed by atoms with Crippen LogP contribution in [0.25, 0.3) is 0 Å². The number of anilines is 1. The maximum atomic E-state index is 5.78. The molecule has 3 N–H and O–H groups in total. The van der Waals surface area contributed by atoms with Gasteiger partial charge >= 0.3 is 0 Å². The molecule has 1 unspecified atom stereocenters. The first-order chi connectivity index (χ1) is 7.16. The van der Waals surface area contributed by atoms with E-state index in [0.717, 1.165) is 18.7 Å². The number of rotatable bonds is 3. The van der Waals surface area contributed by atoms with Crippen LogP contribution in [0.15, 0.2) is 18.2 Å². The van der Waals surface area contributed by atoms with E-state index in [0.29, 0.717) is 12.0 Å². The third-order valence-corrected chi connectivity index (χ3v) is 3.02. The van der Waals surface area contributed by atoms with E-state index in [-0.39, 0.29) is 0 Å². The lowest BCUT2D eigenvalue weighted by Gasteiger charge is -2.15. The number of hydrogen-bond donors (Lipinski definition) is 2. The molecule has 0 bridgehead atoms. The van der Waals surface area contributed by atoms with Crippen LogP contribution in [-0.2, 0) is 6.42 Å². The SMILES string of the molecule is CC(C)CNC1CCc2cc(N)ccc21. The molecule has 1 aliphatic carbocycles. The molecular weight excluding hydrogens is 184 g/mol. The fourth-order valence-electron chi connectivity index (χ4n) is 2.23. The van der Waals surface area contributed by atoms with Crippen LogP contribution in [-0.4, -0.2) is 6.54 Å². The van der Waals surface area contributed by atoms with Crippen LogP contribution in [0.2, 0.25) is 0 Å². The van der Waals surface area contributed by atoms with Crippen LogP contribution < -0.4 is 11.1 Å². The van der Waals surface area contributed by atoms with Crippen LogP contribution in [0.3, 0.4) is 0 Å². The summed E-state index contributed by atoms with van der Waals surface area (Å²) in [5, 5.41) is 3.62. The van der Waals surface area contributed by atoms with Crippen molar-refractivity contribution in [3.63, 3.8) is 0 Å². The zero-order chi connectivity index (χ0) is 10.8. The van der Waals surface area contributed by atoms with E-state index in [9.17, 15) is 0 Å². The number of benzene rings is 1. The molecule has 0 saturated heterocycles. The molecule has 0 aromatic heterocycles. The second-order valence-corrected chi connectivity index (χ2v) is 4.85. The fourth-order valence-corrected chi connectivity index (χ4v) is 2.23. The third kappa shape index (κ3) is 2.32. The van der Waals surface area contributed by atoms with Crippen LogP contribution >= 0.6 is 0 Å². The zero-order valence-electron chi connectivity index (χ0n) is 9.59. The summed E-state index contributed by atoms with van der Waals surface area (Å²) in [6.45, 7) is 5.58. The molecule has 15 heavy (non-hydrogen) atoms. The van der Waals surface area contributed by atoms with E-state index in [1.54, 1.807) is 0 Å². The van der Waals surface area contributed by atoms with Gasteiger partial charge in [-0.25, -0.2) is 0 Å². The van der Waals surface area contributed by atoms with Gasteiger partial charge in [-0.3, -0.25) is 0 Å². The first-order valence-corrected chi connectivity index (χ1v) is 5.78. The van der Waals surface area contributed by atoms with E-state index in [4.69, 9.17) is 5.73 Å².